The molecule has 0 radical (unpaired) electrons. The van der Waals surface area contributed by atoms with Gasteiger partial charge >= 0.3 is 0 Å². The summed E-state index contributed by atoms with van der Waals surface area (Å²) in [6.07, 6.45) is 0.223. The molecule has 30 heavy (non-hydrogen) atoms. The van der Waals surface area contributed by atoms with E-state index in [1.165, 1.54) is 22.7 Å². The molecule has 0 aliphatic carbocycles. The SMILES string of the molecule is O=C(CSc1nnc2[nH]c(=O)c(Cc3ccccc3Cl)nn12)Nc1ccccc1F. The zero-order valence-electron chi connectivity index (χ0n) is 15.3. The number of carbonyl (C=O) groups is 1. The molecule has 2 aromatic carbocycles. The van der Waals surface area contributed by atoms with Crippen LogP contribution < -0.4 is 10.9 Å². The molecule has 11 heteroatoms. The molecular formula is C19H14ClFN6O2S. The van der Waals surface area contributed by atoms with Crippen molar-refractivity contribution in [1.82, 2.24) is 24.8 Å². The Balaban J connectivity index is 1.52. The van der Waals surface area contributed by atoms with Crippen molar-refractivity contribution < 1.29 is 9.18 Å². The number of nitrogens with zero attached hydrogens (tertiary/aromatic N) is 4. The predicted molar refractivity (Wildman–Crippen MR) is 111 cm³/mol. The summed E-state index contributed by atoms with van der Waals surface area (Å²) < 4.78 is 15.0. The van der Waals surface area contributed by atoms with E-state index in [1.807, 2.05) is 12.1 Å². The lowest BCUT2D eigenvalue weighted by molar-refractivity contribution is -0.113. The average molecular weight is 445 g/mol. The van der Waals surface area contributed by atoms with Crippen molar-refractivity contribution in [2.75, 3.05) is 11.1 Å². The summed E-state index contributed by atoms with van der Waals surface area (Å²) in [5.74, 6) is -0.829. The predicted octanol–water partition coefficient (Wildman–Crippen LogP) is 2.93. The van der Waals surface area contributed by atoms with Crippen molar-refractivity contribution in [2.24, 2.45) is 0 Å². The van der Waals surface area contributed by atoms with Crippen molar-refractivity contribution >= 4 is 40.7 Å². The van der Waals surface area contributed by atoms with Gasteiger partial charge in [-0.3, -0.25) is 14.6 Å². The van der Waals surface area contributed by atoms with E-state index in [1.54, 1.807) is 18.2 Å². The van der Waals surface area contributed by atoms with E-state index in [0.29, 0.717) is 10.2 Å². The molecule has 2 heterocycles. The second-order valence-corrected chi connectivity index (χ2v) is 7.55. The van der Waals surface area contributed by atoms with E-state index in [9.17, 15) is 14.0 Å². The second kappa shape index (κ2) is 8.64. The fourth-order valence-corrected chi connectivity index (χ4v) is 3.56. The van der Waals surface area contributed by atoms with Gasteiger partial charge in [0.2, 0.25) is 11.1 Å². The van der Waals surface area contributed by atoms with Gasteiger partial charge < -0.3 is 5.32 Å². The van der Waals surface area contributed by atoms with Crippen molar-refractivity contribution in [2.45, 2.75) is 11.6 Å². The molecular weight excluding hydrogens is 431 g/mol. The number of aromatic amines is 1. The summed E-state index contributed by atoms with van der Waals surface area (Å²) in [5.41, 5.74) is 0.679. The van der Waals surface area contributed by atoms with E-state index < -0.39 is 17.3 Å². The Kier molecular flexibility index (Phi) is 5.77. The minimum absolute atomic E-state index is 0.0459. The topological polar surface area (TPSA) is 105 Å². The van der Waals surface area contributed by atoms with E-state index in [4.69, 9.17) is 11.6 Å². The van der Waals surface area contributed by atoms with E-state index in [0.717, 1.165) is 17.3 Å². The Bertz CT molecular complexity index is 1290. The monoisotopic (exact) mass is 444 g/mol. The van der Waals surface area contributed by atoms with Crippen LogP contribution in [0.1, 0.15) is 11.3 Å². The van der Waals surface area contributed by atoms with Crippen molar-refractivity contribution in [3.8, 4) is 0 Å². The van der Waals surface area contributed by atoms with Crippen LogP contribution in [0.25, 0.3) is 5.78 Å². The van der Waals surface area contributed by atoms with Crippen molar-refractivity contribution in [1.29, 1.82) is 0 Å². The number of rotatable bonds is 6. The number of hydrogen-bond donors (Lipinski definition) is 2. The van der Waals surface area contributed by atoms with Gasteiger partial charge in [0.25, 0.3) is 11.3 Å². The molecule has 0 fully saturated rings. The molecule has 0 unspecified atom stereocenters. The van der Waals surface area contributed by atoms with Gasteiger partial charge in [-0.25, -0.2) is 4.39 Å². The van der Waals surface area contributed by atoms with Gasteiger partial charge in [0.15, 0.2) is 0 Å². The van der Waals surface area contributed by atoms with Crippen molar-refractivity contribution in [3.63, 3.8) is 0 Å². The number of aromatic nitrogens is 5. The van der Waals surface area contributed by atoms with Gasteiger partial charge in [-0.1, -0.05) is 53.7 Å². The lowest BCUT2D eigenvalue weighted by Gasteiger charge is -2.06. The van der Waals surface area contributed by atoms with E-state index in [2.05, 4.69) is 25.6 Å². The average Bonchev–Trinajstić information content (AvgIpc) is 3.11. The Morgan fingerprint density at radius 1 is 1.17 bits per heavy atom. The second-order valence-electron chi connectivity index (χ2n) is 6.20. The smallest absolute Gasteiger partial charge is 0.274 e. The van der Waals surface area contributed by atoms with Gasteiger partial charge in [-0.05, 0) is 23.8 Å². The Morgan fingerprint density at radius 3 is 2.73 bits per heavy atom. The number of hydrogen-bond acceptors (Lipinski definition) is 6. The normalized spacial score (nSPS) is 11.0. The molecule has 2 aromatic heterocycles. The fraction of sp³-hybridized carbons (Fsp3) is 0.105. The Morgan fingerprint density at radius 2 is 1.93 bits per heavy atom. The summed E-state index contributed by atoms with van der Waals surface area (Å²) in [5, 5.41) is 15.5. The highest BCUT2D eigenvalue weighted by atomic mass is 35.5. The van der Waals surface area contributed by atoms with Crippen LogP contribution in [0, 0.1) is 5.82 Å². The molecule has 4 aromatic rings. The Labute approximate surface area is 178 Å². The van der Waals surface area contributed by atoms with Crippen LogP contribution in [0.3, 0.4) is 0 Å². The van der Waals surface area contributed by atoms with Crippen molar-refractivity contribution in [3.05, 3.63) is 81.0 Å². The first kappa shape index (κ1) is 20.0. The number of benzene rings is 2. The minimum Gasteiger partial charge on any atom is -0.323 e. The van der Waals surface area contributed by atoms with Crippen LogP contribution in [0.4, 0.5) is 10.1 Å². The maximum Gasteiger partial charge on any atom is 0.274 e. The lowest BCUT2D eigenvalue weighted by Crippen LogP contribution is -2.19. The minimum atomic E-state index is -0.521. The molecule has 0 aliphatic rings. The van der Waals surface area contributed by atoms with Gasteiger partial charge in [-0.15, -0.1) is 10.2 Å². The zero-order chi connectivity index (χ0) is 21.1. The van der Waals surface area contributed by atoms with Crippen LogP contribution in [0.15, 0.2) is 58.5 Å². The molecule has 0 saturated carbocycles. The van der Waals surface area contributed by atoms with Gasteiger partial charge in [-0.2, -0.15) is 9.61 Å². The van der Waals surface area contributed by atoms with Crippen LogP contribution >= 0.6 is 23.4 Å². The molecule has 0 atom stereocenters. The first-order valence-corrected chi connectivity index (χ1v) is 10.1. The lowest BCUT2D eigenvalue weighted by atomic mass is 10.1. The number of amides is 1. The number of anilines is 1. The number of para-hydroxylation sites is 1. The third kappa shape index (κ3) is 4.34. The Hall–Kier alpha value is -3.24. The number of thioether (sulfide) groups is 1. The summed E-state index contributed by atoms with van der Waals surface area (Å²) in [6, 6.07) is 13.1. The molecule has 152 valence electrons. The van der Waals surface area contributed by atoms with Gasteiger partial charge in [0, 0.05) is 11.4 Å². The van der Waals surface area contributed by atoms with Gasteiger partial charge in [0.05, 0.1) is 11.4 Å². The summed E-state index contributed by atoms with van der Waals surface area (Å²) >= 11 is 7.23. The highest BCUT2D eigenvalue weighted by Gasteiger charge is 2.15. The summed E-state index contributed by atoms with van der Waals surface area (Å²) in [6.45, 7) is 0. The molecule has 0 aliphatic heterocycles. The van der Waals surface area contributed by atoms with E-state index in [-0.39, 0.29) is 29.3 Å². The molecule has 2 N–H and O–H groups in total. The first-order chi connectivity index (χ1) is 14.5. The number of H-pyrrole nitrogens is 1. The number of halogens is 2. The molecule has 8 nitrogen and oxygen atoms in total. The third-order valence-corrected chi connectivity index (χ3v) is 5.40. The molecule has 4 rings (SSSR count). The van der Waals surface area contributed by atoms with Crippen LogP contribution in [-0.4, -0.2) is 36.5 Å². The van der Waals surface area contributed by atoms with Crippen LogP contribution in [0.5, 0.6) is 0 Å². The highest BCUT2D eigenvalue weighted by Crippen LogP contribution is 2.19. The maximum atomic E-state index is 13.7. The standard InChI is InChI=1S/C19H14ClFN6O2S/c20-12-6-2-1-5-11(12)9-15-17(29)23-18-24-25-19(27(18)26-15)30-10-16(28)22-14-8-4-3-7-13(14)21/h1-8H,9-10H2,(H,22,28)(H,23,24,29). The van der Waals surface area contributed by atoms with Crippen LogP contribution in [-0.2, 0) is 11.2 Å². The first-order valence-electron chi connectivity index (χ1n) is 8.76. The van der Waals surface area contributed by atoms with Crippen LogP contribution in [0.2, 0.25) is 5.02 Å². The molecule has 0 saturated heterocycles. The van der Waals surface area contributed by atoms with Gasteiger partial charge in [0.1, 0.15) is 11.5 Å². The summed E-state index contributed by atoms with van der Waals surface area (Å²) in [4.78, 5) is 27.1. The number of carbonyl (C=O) groups excluding carboxylic acids is 1. The fourth-order valence-electron chi connectivity index (χ4n) is 2.68. The number of nitrogens with one attached hydrogen (secondary N) is 2. The molecule has 1 amide bonds. The third-order valence-electron chi connectivity index (χ3n) is 4.12. The number of fused-ring (bicyclic) bond motifs is 1. The highest BCUT2D eigenvalue weighted by molar-refractivity contribution is 7.99. The summed E-state index contributed by atoms with van der Waals surface area (Å²) in [7, 11) is 0. The maximum absolute atomic E-state index is 13.7. The zero-order valence-corrected chi connectivity index (χ0v) is 16.9. The van der Waals surface area contributed by atoms with E-state index >= 15 is 0 Å². The quantitative estimate of drug-likeness (QED) is 0.443. The largest absolute Gasteiger partial charge is 0.323 e. The molecule has 0 bridgehead atoms. The molecule has 0 spiro atoms.